The molecule has 0 atom stereocenters. The van der Waals surface area contributed by atoms with Crippen molar-refractivity contribution in [2.75, 3.05) is 6.61 Å². The van der Waals surface area contributed by atoms with Crippen LogP contribution in [0.4, 0.5) is 0 Å². The van der Waals surface area contributed by atoms with Gasteiger partial charge in [-0.05, 0) is 34.1 Å². The quantitative estimate of drug-likeness (QED) is 0.669. The fourth-order valence-corrected chi connectivity index (χ4v) is 1.95. The normalized spacial score (nSPS) is 10.3. The molecule has 0 aliphatic rings. The van der Waals surface area contributed by atoms with Gasteiger partial charge in [-0.1, -0.05) is 6.07 Å². The molecule has 0 fully saturated rings. The Balaban J connectivity index is 2.40. The smallest absolute Gasteiger partial charge is 0.145 e. The minimum absolute atomic E-state index is 0.00168. The number of nitrogens with zero attached hydrogens (tertiary/aromatic N) is 1. The second-order valence-electron chi connectivity index (χ2n) is 3.26. The molecule has 0 saturated carbocycles. The van der Waals surface area contributed by atoms with E-state index in [-0.39, 0.29) is 12.4 Å². The Morgan fingerprint density at radius 1 is 1.44 bits per heavy atom. The average Bonchev–Trinajstić information content (AvgIpc) is 2.28. The van der Waals surface area contributed by atoms with Crippen molar-refractivity contribution in [1.29, 1.82) is 5.41 Å². The van der Waals surface area contributed by atoms with Crippen LogP contribution in [0.15, 0.2) is 34.9 Å². The predicted octanol–water partition coefficient (Wildman–Crippen LogP) is 2.31. The molecule has 5 heteroatoms. The van der Waals surface area contributed by atoms with Gasteiger partial charge in [0.1, 0.15) is 18.2 Å². The van der Waals surface area contributed by atoms with Crippen LogP contribution in [0.25, 0.3) is 10.9 Å². The molecular formula is C11H10BrN3O. The van der Waals surface area contributed by atoms with Gasteiger partial charge < -0.3 is 10.5 Å². The maximum absolute atomic E-state index is 7.10. The van der Waals surface area contributed by atoms with Gasteiger partial charge >= 0.3 is 0 Å². The van der Waals surface area contributed by atoms with E-state index in [2.05, 4.69) is 20.9 Å². The van der Waals surface area contributed by atoms with E-state index in [0.717, 1.165) is 15.4 Å². The van der Waals surface area contributed by atoms with Crippen LogP contribution in [-0.4, -0.2) is 17.4 Å². The summed E-state index contributed by atoms with van der Waals surface area (Å²) >= 11 is 3.46. The lowest BCUT2D eigenvalue weighted by Gasteiger charge is -2.08. The molecule has 0 unspecified atom stereocenters. The van der Waals surface area contributed by atoms with Gasteiger partial charge in [0.15, 0.2) is 0 Å². The van der Waals surface area contributed by atoms with Crippen LogP contribution in [0.1, 0.15) is 0 Å². The van der Waals surface area contributed by atoms with E-state index >= 15 is 0 Å². The molecule has 82 valence electrons. The van der Waals surface area contributed by atoms with Crippen molar-refractivity contribution in [1.82, 2.24) is 4.98 Å². The van der Waals surface area contributed by atoms with Gasteiger partial charge in [-0.2, -0.15) is 0 Å². The number of rotatable bonds is 3. The lowest BCUT2D eigenvalue weighted by Crippen LogP contribution is -2.19. The van der Waals surface area contributed by atoms with Gasteiger partial charge in [0.2, 0.25) is 0 Å². The Bertz CT molecular complexity index is 542. The summed E-state index contributed by atoms with van der Waals surface area (Å²) in [4.78, 5) is 4.23. The summed E-state index contributed by atoms with van der Waals surface area (Å²) in [5, 5.41) is 8.08. The molecule has 0 bridgehead atoms. The number of pyridine rings is 1. The number of benzene rings is 1. The number of hydrogen-bond acceptors (Lipinski definition) is 3. The lowest BCUT2D eigenvalue weighted by molar-refractivity contribution is 0.373. The van der Waals surface area contributed by atoms with E-state index in [1.54, 1.807) is 6.20 Å². The highest BCUT2D eigenvalue weighted by Crippen LogP contribution is 2.31. The molecular weight excluding hydrogens is 270 g/mol. The topological polar surface area (TPSA) is 72.0 Å². The summed E-state index contributed by atoms with van der Waals surface area (Å²) < 4.78 is 6.21. The molecule has 2 rings (SSSR count). The summed E-state index contributed by atoms with van der Waals surface area (Å²) in [6, 6.07) is 7.49. The summed E-state index contributed by atoms with van der Waals surface area (Å²) in [6.07, 6.45) is 1.74. The first-order valence-corrected chi connectivity index (χ1v) is 5.46. The largest absolute Gasteiger partial charge is 0.485 e. The van der Waals surface area contributed by atoms with Crippen molar-refractivity contribution < 1.29 is 4.74 Å². The average molecular weight is 280 g/mol. The molecule has 2 aromatic rings. The van der Waals surface area contributed by atoms with Gasteiger partial charge in [0.05, 0.1) is 9.99 Å². The van der Waals surface area contributed by atoms with E-state index in [1.807, 2.05) is 24.3 Å². The number of amidine groups is 1. The predicted molar refractivity (Wildman–Crippen MR) is 66.9 cm³/mol. The third kappa shape index (κ3) is 2.14. The monoisotopic (exact) mass is 279 g/mol. The molecule has 0 saturated heterocycles. The zero-order valence-electron chi connectivity index (χ0n) is 8.40. The molecule has 1 aromatic carbocycles. The van der Waals surface area contributed by atoms with Gasteiger partial charge in [-0.3, -0.25) is 10.4 Å². The number of nitrogens with one attached hydrogen (secondary N) is 1. The molecule has 0 amide bonds. The summed E-state index contributed by atoms with van der Waals surface area (Å²) in [6.45, 7) is 0.0877. The molecule has 0 spiro atoms. The van der Waals surface area contributed by atoms with Crippen LogP contribution in [0.5, 0.6) is 5.75 Å². The molecule has 0 aliphatic heterocycles. The minimum Gasteiger partial charge on any atom is -0.485 e. The number of nitrogens with two attached hydrogens (primary N) is 1. The molecule has 0 radical (unpaired) electrons. The standard InChI is InChI=1S/C11H10BrN3O/c12-11-7-2-1-5-15-8(7)3-4-9(11)16-6-10(13)14/h1-5H,6H2,(H3,13,14). The maximum Gasteiger partial charge on any atom is 0.145 e. The number of fused-ring (bicyclic) bond motifs is 1. The number of halogens is 1. The van der Waals surface area contributed by atoms with Crippen molar-refractivity contribution in [2.45, 2.75) is 0 Å². The van der Waals surface area contributed by atoms with E-state index in [1.165, 1.54) is 0 Å². The Kier molecular flexibility index (Phi) is 3.05. The van der Waals surface area contributed by atoms with Crippen LogP contribution < -0.4 is 10.5 Å². The third-order valence-corrected chi connectivity index (χ3v) is 2.89. The van der Waals surface area contributed by atoms with Crippen LogP contribution in [0, 0.1) is 5.41 Å². The first-order valence-electron chi connectivity index (χ1n) is 4.67. The fourth-order valence-electron chi connectivity index (χ4n) is 1.36. The first-order chi connectivity index (χ1) is 7.68. The fraction of sp³-hybridized carbons (Fsp3) is 0.0909. The van der Waals surface area contributed by atoms with E-state index in [9.17, 15) is 0 Å². The Hall–Kier alpha value is -1.62. The molecule has 4 nitrogen and oxygen atoms in total. The summed E-state index contributed by atoms with van der Waals surface area (Å²) in [5.41, 5.74) is 6.13. The second kappa shape index (κ2) is 4.49. The summed E-state index contributed by atoms with van der Waals surface area (Å²) in [5.74, 6) is 0.661. The second-order valence-corrected chi connectivity index (χ2v) is 4.05. The number of aromatic nitrogens is 1. The van der Waals surface area contributed by atoms with Gasteiger partial charge in [-0.25, -0.2) is 0 Å². The van der Waals surface area contributed by atoms with E-state index < -0.39 is 0 Å². The van der Waals surface area contributed by atoms with Crippen LogP contribution in [0.3, 0.4) is 0 Å². The summed E-state index contributed by atoms with van der Waals surface area (Å²) in [7, 11) is 0. The van der Waals surface area contributed by atoms with Crippen molar-refractivity contribution in [3.8, 4) is 5.75 Å². The van der Waals surface area contributed by atoms with E-state index in [0.29, 0.717) is 5.75 Å². The van der Waals surface area contributed by atoms with Gasteiger partial charge in [0, 0.05) is 11.6 Å². The van der Waals surface area contributed by atoms with Gasteiger partial charge in [0.25, 0.3) is 0 Å². The Morgan fingerprint density at radius 2 is 2.25 bits per heavy atom. The SMILES string of the molecule is N=C(N)COc1ccc2ncccc2c1Br. The van der Waals surface area contributed by atoms with Crippen molar-refractivity contribution in [3.63, 3.8) is 0 Å². The Morgan fingerprint density at radius 3 is 3.00 bits per heavy atom. The van der Waals surface area contributed by atoms with E-state index in [4.69, 9.17) is 15.9 Å². The molecule has 1 aromatic heterocycles. The first kappa shape index (κ1) is 10.9. The Labute approximate surface area is 101 Å². The zero-order chi connectivity index (χ0) is 11.5. The van der Waals surface area contributed by atoms with Crippen LogP contribution in [0.2, 0.25) is 0 Å². The van der Waals surface area contributed by atoms with Crippen molar-refractivity contribution >= 4 is 32.7 Å². The number of hydrogen-bond donors (Lipinski definition) is 2. The number of ether oxygens (including phenoxy) is 1. The third-order valence-electron chi connectivity index (χ3n) is 2.07. The van der Waals surface area contributed by atoms with Crippen LogP contribution >= 0.6 is 15.9 Å². The highest BCUT2D eigenvalue weighted by molar-refractivity contribution is 9.10. The highest BCUT2D eigenvalue weighted by Gasteiger charge is 2.06. The molecule has 1 heterocycles. The van der Waals surface area contributed by atoms with Crippen molar-refractivity contribution in [3.05, 3.63) is 34.9 Å². The molecule has 0 aliphatic carbocycles. The molecule has 3 N–H and O–H groups in total. The lowest BCUT2D eigenvalue weighted by atomic mass is 10.2. The maximum atomic E-state index is 7.10. The van der Waals surface area contributed by atoms with Gasteiger partial charge in [-0.15, -0.1) is 0 Å². The van der Waals surface area contributed by atoms with Crippen LogP contribution in [-0.2, 0) is 0 Å². The molecule has 16 heavy (non-hydrogen) atoms. The zero-order valence-corrected chi connectivity index (χ0v) is 9.99. The van der Waals surface area contributed by atoms with Crippen molar-refractivity contribution in [2.24, 2.45) is 5.73 Å². The highest BCUT2D eigenvalue weighted by atomic mass is 79.9. The minimum atomic E-state index is -0.00168.